The minimum Gasteiger partial charge on any atom is -0.323 e. The molecule has 1 heterocycles. The van der Waals surface area contributed by atoms with Crippen LogP contribution in [-0.4, -0.2) is 15.0 Å². The maximum atomic E-state index is 13.0. The minimum absolute atomic E-state index is 0.0759. The molecule has 0 aliphatic heterocycles. The van der Waals surface area contributed by atoms with E-state index in [0.29, 0.717) is 6.54 Å². The van der Waals surface area contributed by atoms with Gasteiger partial charge in [0.2, 0.25) is 0 Å². The third-order valence-corrected chi connectivity index (χ3v) is 3.01. The molecule has 2 rings (SSSR count). The van der Waals surface area contributed by atoms with Crippen molar-refractivity contribution in [3.8, 4) is 0 Å². The maximum absolute atomic E-state index is 13.0. The van der Waals surface area contributed by atoms with Crippen LogP contribution >= 0.6 is 0 Å². The van der Waals surface area contributed by atoms with Crippen molar-refractivity contribution in [2.75, 3.05) is 0 Å². The van der Waals surface area contributed by atoms with Crippen molar-refractivity contribution in [3.63, 3.8) is 0 Å². The summed E-state index contributed by atoms with van der Waals surface area (Å²) in [4.78, 5) is 0. The standard InChI is InChI=1S/C13H17FN4/c1-3-12(15)13-8-18(17-16-13)7-10-4-5-11(14)6-9(10)2/h4-6,8,12H,3,7,15H2,1-2H3. The van der Waals surface area contributed by atoms with E-state index in [1.165, 1.54) is 12.1 Å². The first-order chi connectivity index (χ1) is 8.60. The molecule has 1 unspecified atom stereocenters. The van der Waals surface area contributed by atoms with Crippen LogP contribution in [0.2, 0.25) is 0 Å². The first kappa shape index (κ1) is 12.7. The molecule has 2 N–H and O–H groups in total. The van der Waals surface area contributed by atoms with Crippen molar-refractivity contribution in [3.05, 3.63) is 47.0 Å². The molecule has 0 saturated carbocycles. The molecular formula is C13H17FN4. The fourth-order valence-electron chi connectivity index (χ4n) is 1.78. The van der Waals surface area contributed by atoms with Crippen molar-refractivity contribution in [1.29, 1.82) is 0 Å². The molecule has 0 radical (unpaired) electrons. The summed E-state index contributed by atoms with van der Waals surface area (Å²) in [7, 11) is 0. The van der Waals surface area contributed by atoms with E-state index in [2.05, 4.69) is 10.3 Å². The normalized spacial score (nSPS) is 12.7. The largest absolute Gasteiger partial charge is 0.323 e. The Morgan fingerprint density at radius 3 is 2.89 bits per heavy atom. The molecule has 0 saturated heterocycles. The lowest BCUT2D eigenvalue weighted by Crippen LogP contribution is -2.08. The fourth-order valence-corrected chi connectivity index (χ4v) is 1.78. The molecule has 0 aliphatic rings. The fraction of sp³-hybridized carbons (Fsp3) is 0.385. The molecule has 0 aliphatic carbocycles. The Kier molecular flexibility index (Phi) is 3.72. The summed E-state index contributed by atoms with van der Waals surface area (Å²) in [6.07, 6.45) is 2.67. The van der Waals surface area contributed by atoms with E-state index in [9.17, 15) is 4.39 Å². The topological polar surface area (TPSA) is 56.7 Å². The van der Waals surface area contributed by atoms with Crippen LogP contribution in [0.3, 0.4) is 0 Å². The summed E-state index contributed by atoms with van der Waals surface area (Å²) in [5.74, 6) is -0.219. The van der Waals surface area contributed by atoms with Gasteiger partial charge in [-0.2, -0.15) is 0 Å². The third-order valence-electron chi connectivity index (χ3n) is 3.01. The van der Waals surface area contributed by atoms with Gasteiger partial charge >= 0.3 is 0 Å². The monoisotopic (exact) mass is 248 g/mol. The van der Waals surface area contributed by atoms with Gasteiger partial charge in [0.25, 0.3) is 0 Å². The summed E-state index contributed by atoms with van der Waals surface area (Å²) >= 11 is 0. The van der Waals surface area contributed by atoms with E-state index in [0.717, 1.165) is 23.2 Å². The number of benzene rings is 1. The first-order valence-electron chi connectivity index (χ1n) is 6.00. The van der Waals surface area contributed by atoms with Gasteiger partial charge in [0.15, 0.2) is 0 Å². The van der Waals surface area contributed by atoms with Gasteiger partial charge in [-0.15, -0.1) is 5.10 Å². The quantitative estimate of drug-likeness (QED) is 0.902. The Morgan fingerprint density at radius 1 is 1.44 bits per heavy atom. The molecule has 0 spiro atoms. The molecule has 1 aromatic carbocycles. The maximum Gasteiger partial charge on any atom is 0.123 e. The Bertz CT molecular complexity index is 536. The molecule has 96 valence electrons. The molecule has 0 fully saturated rings. The van der Waals surface area contributed by atoms with Gasteiger partial charge in [0.05, 0.1) is 24.5 Å². The van der Waals surface area contributed by atoms with Crippen LogP contribution < -0.4 is 5.73 Å². The number of nitrogens with zero attached hydrogens (tertiary/aromatic N) is 3. The SMILES string of the molecule is CCC(N)c1cn(Cc2ccc(F)cc2C)nn1. The molecule has 0 bridgehead atoms. The van der Waals surface area contributed by atoms with Crippen LogP contribution in [-0.2, 0) is 6.54 Å². The summed E-state index contributed by atoms with van der Waals surface area (Å²) in [6.45, 7) is 4.47. The number of rotatable bonds is 4. The van der Waals surface area contributed by atoms with Gasteiger partial charge in [0.1, 0.15) is 5.82 Å². The van der Waals surface area contributed by atoms with Crippen molar-refractivity contribution in [2.24, 2.45) is 5.73 Å². The second-order valence-corrected chi connectivity index (χ2v) is 4.43. The number of nitrogens with two attached hydrogens (primary N) is 1. The highest BCUT2D eigenvalue weighted by molar-refractivity contribution is 5.26. The number of aryl methyl sites for hydroxylation is 1. The summed E-state index contributed by atoms with van der Waals surface area (Å²) in [5, 5.41) is 8.08. The zero-order valence-corrected chi connectivity index (χ0v) is 10.6. The Labute approximate surface area is 106 Å². The average Bonchev–Trinajstić information content (AvgIpc) is 2.80. The molecule has 1 aromatic heterocycles. The second-order valence-electron chi connectivity index (χ2n) is 4.43. The lowest BCUT2D eigenvalue weighted by Gasteiger charge is -2.05. The van der Waals surface area contributed by atoms with E-state index in [4.69, 9.17) is 5.73 Å². The van der Waals surface area contributed by atoms with Crippen LogP contribution in [0.15, 0.2) is 24.4 Å². The van der Waals surface area contributed by atoms with E-state index >= 15 is 0 Å². The van der Waals surface area contributed by atoms with E-state index in [1.54, 1.807) is 10.7 Å². The number of hydrogen-bond donors (Lipinski definition) is 1. The molecule has 2 aromatic rings. The van der Waals surface area contributed by atoms with E-state index in [-0.39, 0.29) is 11.9 Å². The Hall–Kier alpha value is -1.75. The smallest absolute Gasteiger partial charge is 0.123 e. The second kappa shape index (κ2) is 5.27. The summed E-state index contributed by atoms with van der Waals surface area (Å²) < 4.78 is 14.7. The Balaban J connectivity index is 2.16. The van der Waals surface area contributed by atoms with Crippen molar-refractivity contribution >= 4 is 0 Å². The molecule has 18 heavy (non-hydrogen) atoms. The van der Waals surface area contributed by atoms with Gasteiger partial charge in [-0.05, 0) is 36.6 Å². The van der Waals surface area contributed by atoms with Crippen LogP contribution in [0.4, 0.5) is 4.39 Å². The highest BCUT2D eigenvalue weighted by Crippen LogP contribution is 2.13. The highest BCUT2D eigenvalue weighted by Gasteiger charge is 2.09. The Morgan fingerprint density at radius 2 is 2.22 bits per heavy atom. The van der Waals surface area contributed by atoms with Crippen molar-refractivity contribution in [1.82, 2.24) is 15.0 Å². The minimum atomic E-state index is -0.219. The molecule has 5 heteroatoms. The van der Waals surface area contributed by atoms with Gasteiger partial charge in [0, 0.05) is 0 Å². The molecule has 4 nitrogen and oxygen atoms in total. The number of halogens is 1. The van der Waals surface area contributed by atoms with Gasteiger partial charge in [-0.25, -0.2) is 9.07 Å². The zero-order chi connectivity index (χ0) is 13.1. The average molecular weight is 248 g/mol. The van der Waals surface area contributed by atoms with E-state index < -0.39 is 0 Å². The lowest BCUT2D eigenvalue weighted by molar-refractivity contribution is 0.618. The van der Waals surface area contributed by atoms with Crippen LogP contribution in [0.1, 0.15) is 36.2 Å². The van der Waals surface area contributed by atoms with Gasteiger partial charge < -0.3 is 5.73 Å². The predicted octanol–water partition coefficient (Wildman–Crippen LogP) is 2.18. The highest BCUT2D eigenvalue weighted by atomic mass is 19.1. The van der Waals surface area contributed by atoms with Crippen LogP contribution in [0, 0.1) is 12.7 Å². The van der Waals surface area contributed by atoms with Crippen molar-refractivity contribution < 1.29 is 4.39 Å². The predicted molar refractivity (Wildman–Crippen MR) is 67.5 cm³/mol. The van der Waals surface area contributed by atoms with Crippen LogP contribution in [0.25, 0.3) is 0 Å². The van der Waals surface area contributed by atoms with Crippen LogP contribution in [0.5, 0.6) is 0 Å². The van der Waals surface area contributed by atoms with E-state index in [1.807, 2.05) is 20.0 Å². The summed E-state index contributed by atoms with van der Waals surface area (Å²) in [6, 6.07) is 4.67. The summed E-state index contributed by atoms with van der Waals surface area (Å²) in [5.41, 5.74) is 8.61. The lowest BCUT2D eigenvalue weighted by atomic mass is 10.1. The number of aromatic nitrogens is 3. The van der Waals surface area contributed by atoms with Gasteiger partial charge in [-0.3, -0.25) is 0 Å². The zero-order valence-electron chi connectivity index (χ0n) is 10.6. The molecule has 0 amide bonds. The first-order valence-corrected chi connectivity index (χ1v) is 6.00. The number of hydrogen-bond acceptors (Lipinski definition) is 3. The van der Waals surface area contributed by atoms with Gasteiger partial charge in [-0.1, -0.05) is 18.2 Å². The van der Waals surface area contributed by atoms with Crippen molar-refractivity contribution in [2.45, 2.75) is 32.9 Å². The third kappa shape index (κ3) is 2.73. The molecular weight excluding hydrogens is 231 g/mol. The molecule has 1 atom stereocenters.